The summed E-state index contributed by atoms with van der Waals surface area (Å²) in [5, 5.41) is 21.0. The Kier molecular flexibility index (Phi) is 6.60. The molecule has 1 aromatic rings. The molecule has 3 N–H and O–H groups in total. The highest BCUT2D eigenvalue weighted by Crippen LogP contribution is 2.17. The van der Waals surface area contributed by atoms with Crippen LogP contribution in [-0.4, -0.2) is 40.8 Å². The molecule has 0 heterocycles. The fourth-order valence-corrected chi connectivity index (χ4v) is 2.22. The van der Waals surface area contributed by atoms with Crippen molar-refractivity contribution >= 4 is 17.7 Å². The van der Waals surface area contributed by atoms with Crippen LogP contribution in [0.2, 0.25) is 0 Å². The standard InChI is InChI=1S/C13H19NO3S/c1-10-3-4-12(16)11(9-10)13(17)14-5-8-18-7-2-6-15/h3-4,9,15-16H,2,5-8H2,1H3,(H,14,17). The van der Waals surface area contributed by atoms with Gasteiger partial charge in [0.2, 0.25) is 0 Å². The number of aryl methyl sites for hydroxylation is 1. The molecular weight excluding hydrogens is 250 g/mol. The first-order valence-corrected chi connectivity index (χ1v) is 7.07. The lowest BCUT2D eigenvalue weighted by molar-refractivity contribution is 0.0953. The van der Waals surface area contributed by atoms with Crippen molar-refractivity contribution in [3.63, 3.8) is 0 Å². The van der Waals surface area contributed by atoms with Gasteiger partial charge in [0.25, 0.3) is 5.91 Å². The molecule has 0 aromatic heterocycles. The van der Waals surface area contributed by atoms with Gasteiger partial charge in [0.05, 0.1) is 5.56 Å². The van der Waals surface area contributed by atoms with Crippen LogP contribution < -0.4 is 5.32 Å². The number of benzene rings is 1. The number of rotatable bonds is 7. The number of hydrogen-bond donors (Lipinski definition) is 3. The lowest BCUT2D eigenvalue weighted by Crippen LogP contribution is -2.26. The Balaban J connectivity index is 2.34. The maximum atomic E-state index is 11.8. The Hall–Kier alpha value is -1.20. The monoisotopic (exact) mass is 269 g/mol. The van der Waals surface area contributed by atoms with Crippen LogP contribution in [0.25, 0.3) is 0 Å². The van der Waals surface area contributed by atoms with Crippen molar-refractivity contribution in [3.8, 4) is 5.75 Å². The maximum Gasteiger partial charge on any atom is 0.255 e. The van der Waals surface area contributed by atoms with Gasteiger partial charge >= 0.3 is 0 Å². The fourth-order valence-electron chi connectivity index (χ4n) is 1.43. The molecule has 0 atom stereocenters. The minimum Gasteiger partial charge on any atom is -0.507 e. The SMILES string of the molecule is Cc1ccc(O)c(C(=O)NCCSCCCO)c1. The zero-order valence-corrected chi connectivity index (χ0v) is 11.3. The van der Waals surface area contributed by atoms with E-state index >= 15 is 0 Å². The number of aromatic hydroxyl groups is 1. The van der Waals surface area contributed by atoms with Gasteiger partial charge in [0.1, 0.15) is 5.75 Å². The lowest BCUT2D eigenvalue weighted by atomic mass is 10.1. The second kappa shape index (κ2) is 8.00. The minimum absolute atomic E-state index is 0.00559. The first-order valence-electron chi connectivity index (χ1n) is 5.91. The van der Waals surface area contributed by atoms with E-state index in [9.17, 15) is 9.90 Å². The van der Waals surface area contributed by atoms with E-state index < -0.39 is 0 Å². The van der Waals surface area contributed by atoms with Crippen molar-refractivity contribution in [1.82, 2.24) is 5.32 Å². The van der Waals surface area contributed by atoms with E-state index in [1.54, 1.807) is 23.9 Å². The topological polar surface area (TPSA) is 69.6 Å². The molecule has 0 saturated carbocycles. The van der Waals surface area contributed by atoms with E-state index in [1.807, 2.05) is 6.92 Å². The van der Waals surface area contributed by atoms with Crippen molar-refractivity contribution in [1.29, 1.82) is 0 Å². The summed E-state index contributed by atoms with van der Waals surface area (Å²) in [6.07, 6.45) is 0.775. The normalized spacial score (nSPS) is 10.3. The number of thioether (sulfide) groups is 1. The summed E-state index contributed by atoms with van der Waals surface area (Å²) in [7, 11) is 0. The van der Waals surface area contributed by atoms with Crippen LogP contribution in [0.1, 0.15) is 22.3 Å². The third kappa shape index (κ3) is 4.98. The summed E-state index contributed by atoms with van der Waals surface area (Å²) in [6.45, 7) is 2.64. The molecule has 0 aliphatic heterocycles. The van der Waals surface area contributed by atoms with Crippen LogP contribution in [0, 0.1) is 6.92 Å². The van der Waals surface area contributed by atoms with E-state index in [2.05, 4.69) is 5.32 Å². The fraction of sp³-hybridized carbons (Fsp3) is 0.462. The van der Waals surface area contributed by atoms with Crippen LogP contribution in [0.3, 0.4) is 0 Å². The largest absolute Gasteiger partial charge is 0.507 e. The highest BCUT2D eigenvalue weighted by Gasteiger charge is 2.10. The number of aliphatic hydroxyl groups is 1. The first kappa shape index (κ1) is 14.9. The summed E-state index contributed by atoms with van der Waals surface area (Å²) in [5.74, 6) is 1.45. The molecule has 0 spiro atoms. The number of carbonyl (C=O) groups excluding carboxylic acids is 1. The lowest BCUT2D eigenvalue weighted by Gasteiger charge is -2.07. The molecule has 18 heavy (non-hydrogen) atoms. The molecule has 4 nitrogen and oxygen atoms in total. The molecular formula is C13H19NO3S. The summed E-state index contributed by atoms with van der Waals surface area (Å²) >= 11 is 1.69. The predicted octanol–water partition coefficient (Wildman–Crippen LogP) is 1.55. The van der Waals surface area contributed by atoms with Gasteiger partial charge in [0.15, 0.2) is 0 Å². The summed E-state index contributed by atoms with van der Waals surface area (Å²) < 4.78 is 0. The minimum atomic E-state index is -0.251. The molecule has 0 aliphatic rings. The van der Waals surface area contributed by atoms with Crippen molar-refractivity contribution in [2.24, 2.45) is 0 Å². The molecule has 100 valence electrons. The molecule has 5 heteroatoms. The molecule has 0 fully saturated rings. The van der Waals surface area contributed by atoms with E-state index in [1.165, 1.54) is 6.07 Å². The Bertz CT molecular complexity index is 396. The quantitative estimate of drug-likeness (QED) is 0.657. The third-order valence-corrected chi connectivity index (χ3v) is 3.45. The number of aliphatic hydroxyl groups excluding tert-OH is 1. The van der Waals surface area contributed by atoms with Crippen LogP contribution in [0.4, 0.5) is 0 Å². The number of carbonyl (C=O) groups is 1. The van der Waals surface area contributed by atoms with Crippen LogP contribution in [0.5, 0.6) is 5.75 Å². The Morgan fingerprint density at radius 3 is 2.89 bits per heavy atom. The summed E-state index contributed by atoms with van der Waals surface area (Å²) in [6, 6.07) is 4.96. The molecule has 1 amide bonds. The molecule has 1 rings (SSSR count). The van der Waals surface area contributed by atoms with Gasteiger partial charge in [-0.1, -0.05) is 11.6 Å². The molecule has 0 unspecified atom stereocenters. The molecule has 0 saturated heterocycles. The van der Waals surface area contributed by atoms with Crippen molar-refractivity contribution in [2.75, 3.05) is 24.7 Å². The van der Waals surface area contributed by atoms with E-state index in [4.69, 9.17) is 5.11 Å². The van der Waals surface area contributed by atoms with E-state index in [0.717, 1.165) is 23.5 Å². The van der Waals surface area contributed by atoms with Gasteiger partial charge in [-0.3, -0.25) is 4.79 Å². The van der Waals surface area contributed by atoms with Gasteiger partial charge in [-0.15, -0.1) is 0 Å². The Morgan fingerprint density at radius 1 is 1.39 bits per heavy atom. The van der Waals surface area contributed by atoms with Gasteiger partial charge < -0.3 is 15.5 Å². The predicted molar refractivity (Wildman–Crippen MR) is 74.2 cm³/mol. The Labute approximate surface area is 111 Å². The van der Waals surface area contributed by atoms with Crippen LogP contribution in [0.15, 0.2) is 18.2 Å². The molecule has 0 aliphatic carbocycles. The first-order chi connectivity index (χ1) is 8.65. The average Bonchev–Trinajstić information content (AvgIpc) is 2.36. The van der Waals surface area contributed by atoms with Crippen molar-refractivity contribution in [2.45, 2.75) is 13.3 Å². The smallest absolute Gasteiger partial charge is 0.255 e. The van der Waals surface area contributed by atoms with Crippen LogP contribution in [-0.2, 0) is 0 Å². The van der Waals surface area contributed by atoms with Crippen molar-refractivity contribution < 1.29 is 15.0 Å². The number of amides is 1. The maximum absolute atomic E-state index is 11.8. The van der Waals surface area contributed by atoms with E-state index in [-0.39, 0.29) is 18.3 Å². The second-order valence-corrected chi connectivity index (χ2v) is 5.19. The van der Waals surface area contributed by atoms with Gasteiger partial charge in [-0.05, 0) is 31.2 Å². The molecule has 0 radical (unpaired) electrons. The zero-order chi connectivity index (χ0) is 13.4. The van der Waals surface area contributed by atoms with Crippen LogP contribution >= 0.6 is 11.8 Å². The third-order valence-electron chi connectivity index (χ3n) is 2.38. The highest BCUT2D eigenvalue weighted by molar-refractivity contribution is 7.99. The summed E-state index contributed by atoms with van der Waals surface area (Å²) in [5.41, 5.74) is 1.26. The zero-order valence-electron chi connectivity index (χ0n) is 10.5. The number of phenolic OH excluding ortho intramolecular Hbond substituents is 1. The average molecular weight is 269 g/mol. The van der Waals surface area contributed by atoms with Gasteiger partial charge in [-0.2, -0.15) is 11.8 Å². The van der Waals surface area contributed by atoms with E-state index in [0.29, 0.717) is 12.1 Å². The number of phenols is 1. The van der Waals surface area contributed by atoms with Gasteiger partial charge in [0, 0.05) is 18.9 Å². The number of nitrogens with one attached hydrogen (secondary N) is 1. The molecule has 1 aromatic carbocycles. The van der Waals surface area contributed by atoms with Gasteiger partial charge in [-0.25, -0.2) is 0 Å². The summed E-state index contributed by atoms with van der Waals surface area (Å²) in [4.78, 5) is 11.8. The number of hydrogen-bond acceptors (Lipinski definition) is 4. The van der Waals surface area contributed by atoms with Crippen molar-refractivity contribution in [3.05, 3.63) is 29.3 Å². The second-order valence-electron chi connectivity index (χ2n) is 3.97. The molecule has 0 bridgehead atoms. The highest BCUT2D eigenvalue weighted by atomic mass is 32.2. The Morgan fingerprint density at radius 2 is 2.17 bits per heavy atom.